The average molecular weight is 361 g/mol. The van der Waals surface area contributed by atoms with E-state index in [1.165, 1.54) is 11.9 Å². The van der Waals surface area contributed by atoms with Crippen LogP contribution in [0.3, 0.4) is 0 Å². The summed E-state index contributed by atoms with van der Waals surface area (Å²) in [4.78, 5) is 12.6. The van der Waals surface area contributed by atoms with Crippen LogP contribution in [0.15, 0.2) is 46.6 Å². The maximum Gasteiger partial charge on any atom is 0.266 e. The Morgan fingerprint density at radius 3 is 2.75 bits per heavy atom. The van der Waals surface area contributed by atoms with Gasteiger partial charge in [-0.1, -0.05) is 24.4 Å². The lowest BCUT2D eigenvalue weighted by Gasteiger charge is -2.11. The number of carbonyl (C=O) groups excluding carboxylic acids is 1. The van der Waals surface area contributed by atoms with Crippen LogP contribution in [0.1, 0.15) is 11.3 Å². The third kappa shape index (κ3) is 3.18. The Morgan fingerprint density at radius 1 is 1.25 bits per heavy atom. The van der Waals surface area contributed by atoms with E-state index < -0.39 is 0 Å². The van der Waals surface area contributed by atoms with Gasteiger partial charge in [0.1, 0.15) is 9.96 Å². The molecule has 7 heteroatoms. The number of methoxy groups -OCH3 is 2. The molecule has 2 heterocycles. The smallest absolute Gasteiger partial charge is 0.266 e. The number of furan rings is 1. The van der Waals surface area contributed by atoms with Gasteiger partial charge in [0.25, 0.3) is 5.91 Å². The molecular weight excluding hydrogens is 346 g/mol. The average Bonchev–Trinajstić information content (AvgIpc) is 3.19. The maximum absolute atomic E-state index is 12.6. The molecule has 0 saturated carbocycles. The highest BCUT2D eigenvalue weighted by molar-refractivity contribution is 8.23. The van der Waals surface area contributed by atoms with Crippen LogP contribution >= 0.6 is 24.2 Å². The molecule has 0 aliphatic carbocycles. The molecule has 24 heavy (non-hydrogen) atoms. The van der Waals surface area contributed by atoms with Crippen LogP contribution in [-0.2, 0) is 11.3 Å². The molecule has 0 bridgehead atoms. The van der Waals surface area contributed by atoms with E-state index in [0.717, 1.165) is 5.56 Å². The van der Waals surface area contributed by atoms with Crippen molar-refractivity contribution < 1.29 is 18.7 Å². The number of thiocarbonyl (C=S) groups is 1. The minimum absolute atomic E-state index is 0.147. The highest BCUT2D eigenvalue weighted by atomic mass is 32.2. The summed E-state index contributed by atoms with van der Waals surface area (Å²) in [6, 6.07) is 9.10. The number of ether oxygens (including phenoxy) is 2. The topological polar surface area (TPSA) is 51.9 Å². The van der Waals surface area contributed by atoms with Crippen LogP contribution in [-0.4, -0.2) is 28.6 Å². The van der Waals surface area contributed by atoms with Gasteiger partial charge < -0.3 is 13.9 Å². The van der Waals surface area contributed by atoms with Gasteiger partial charge in [-0.2, -0.15) is 0 Å². The molecule has 0 atom stereocenters. The Bertz CT molecular complexity index is 799. The van der Waals surface area contributed by atoms with E-state index in [0.29, 0.717) is 33.6 Å². The summed E-state index contributed by atoms with van der Waals surface area (Å²) in [5.41, 5.74) is 1.20. The van der Waals surface area contributed by atoms with Crippen LogP contribution < -0.4 is 9.47 Å². The second-order valence-electron chi connectivity index (χ2n) is 4.94. The molecule has 5 nitrogen and oxygen atoms in total. The molecule has 1 aromatic carbocycles. The van der Waals surface area contributed by atoms with Crippen molar-refractivity contribution in [2.24, 2.45) is 0 Å². The zero-order valence-corrected chi connectivity index (χ0v) is 14.8. The fraction of sp³-hybridized carbons (Fsp3) is 0.176. The van der Waals surface area contributed by atoms with Gasteiger partial charge >= 0.3 is 0 Å². The van der Waals surface area contributed by atoms with E-state index >= 15 is 0 Å². The maximum atomic E-state index is 12.6. The van der Waals surface area contributed by atoms with E-state index in [1.54, 1.807) is 43.0 Å². The van der Waals surface area contributed by atoms with E-state index in [2.05, 4.69) is 0 Å². The molecule has 0 unspecified atom stereocenters. The first-order valence-electron chi connectivity index (χ1n) is 7.13. The molecule has 0 radical (unpaired) electrons. The summed E-state index contributed by atoms with van der Waals surface area (Å²) in [6.07, 6.45) is 3.32. The van der Waals surface area contributed by atoms with E-state index in [4.69, 9.17) is 26.1 Å². The molecule has 2 aromatic rings. The standard InChI is InChI=1S/C17H15NO4S2/c1-20-14-7-3-5-11(15(14)21-2)9-13-16(19)18(24-17(13)23)10-12-6-4-8-22-12/h3-9H,10H2,1-2H3/b13-9+. The summed E-state index contributed by atoms with van der Waals surface area (Å²) in [5, 5.41) is 0. The minimum atomic E-state index is -0.147. The van der Waals surface area contributed by atoms with E-state index in [9.17, 15) is 4.79 Å². The van der Waals surface area contributed by atoms with E-state index in [-0.39, 0.29) is 5.91 Å². The zero-order chi connectivity index (χ0) is 17.1. The number of rotatable bonds is 5. The number of benzene rings is 1. The Morgan fingerprint density at radius 2 is 2.08 bits per heavy atom. The van der Waals surface area contributed by atoms with Crippen molar-refractivity contribution in [2.75, 3.05) is 14.2 Å². The highest BCUT2D eigenvalue weighted by Crippen LogP contribution is 2.36. The Hall–Kier alpha value is -2.25. The SMILES string of the molecule is COc1cccc(/C=C2\C(=O)N(Cc3ccco3)SC2=S)c1OC. The first-order valence-corrected chi connectivity index (χ1v) is 8.31. The lowest BCUT2D eigenvalue weighted by molar-refractivity contribution is -0.121. The van der Waals surface area contributed by atoms with Crippen molar-refractivity contribution in [1.29, 1.82) is 0 Å². The third-order valence-corrected chi connectivity index (χ3v) is 4.83. The Balaban J connectivity index is 1.90. The van der Waals surface area contributed by atoms with Crippen LogP contribution in [0.5, 0.6) is 11.5 Å². The van der Waals surface area contributed by atoms with Crippen molar-refractivity contribution in [1.82, 2.24) is 4.31 Å². The van der Waals surface area contributed by atoms with Crippen molar-refractivity contribution in [3.05, 3.63) is 53.5 Å². The van der Waals surface area contributed by atoms with Gasteiger partial charge in [0, 0.05) is 17.5 Å². The second kappa shape index (κ2) is 7.11. The van der Waals surface area contributed by atoms with Gasteiger partial charge in [0.05, 0.1) is 32.6 Å². The second-order valence-corrected chi connectivity index (χ2v) is 6.64. The molecular formula is C17H15NO4S2. The lowest BCUT2D eigenvalue weighted by Crippen LogP contribution is -2.18. The largest absolute Gasteiger partial charge is 0.493 e. The minimum Gasteiger partial charge on any atom is -0.493 e. The third-order valence-electron chi connectivity index (χ3n) is 3.48. The molecule has 1 aliphatic heterocycles. The molecule has 1 saturated heterocycles. The number of hydrogen-bond acceptors (Lipinski definition) is 6. The molecule has 1 fully saturated rings. The molecule has 1 amide bonds. The lowest BCUT2D eigenvalue weighted by atomic mass is 10.1. The molecule has 124 valence electrons. The van der Waals surface area contributed by atoms with Gasteiger partial charge in [0.2, 0.25) is 0 Å². The fourth-order valence-corrected chi connectivity index (χ4v) is 3.60. The van der Waals surface area contributed by atoms with Crippen molar-refractivity contribution in [3.8, 4) is 11.5 Å². The number of amides is 1. The quantitative estimate of drug-likeness (QED) is 0.460. The van der Waals surface area contributed by atoms with Gasteiger partial charge in [0.15, 0.2) is 11.5 Å². The zero-order valence-electron chi connectivity index (χ0n) is 13.1. The molecule has 3 rings (SSSR count). The van der Waals surface area contributed by atoms with Crippen LogP contribution in [0, 0.1) is 0 Å². The molecule has 0 N–H and O–H groups in total. The first kappa shape index (κ1) is 16.6. The van der Waals surface area contributed by atoms with Crippen LogP contribution in [0.2, 0.25) is 0 Å². The number of carbonyl (C=O) groups is 1. The van der Waals surface area contributed by atoms with E-state index in [1.807, 2.05) is 18.2 Å². The molecule has 0 spiro atoms. The van der Waals surface area contributed by atoms with Crippen molar-refractivity contribution in [3.63, 3.8) is 0 Å². The predicted octanol–water partition coefficient (Wildman–Crippen LogP) is 3.70. The summed E-state index contributed by atoms with van der Waals surface area (Å²) < 4.78 is 18.1. The normalized spacial score (nSPS) is 16.1. The van der Waals surface area contributed by atoms with Gasteiger partial charge in [-0.3, -0.25) is 9.10 Å². The van der Waals surface area contributed by atoms with Crippen LogP contribution in [0.25, 0.3) is 6.08 Å². The summed E-state index contributed by atoms with van der Waals surface area (Å²) in [5.74, 6) is 1.73. The summed E-state index contributed by atoms with van der Waals surface area (Å²) >= 11 is 6.60. The molecule has 1 aliphatic rings. The Labute approximate surface area is 149 Å². The monoisotopic (exact) mass is 361 g/mol. The first-order chi connectivity index (χ1) is 11.6. The number of para-hydroxylation sites is 1. The Kier molecular flexibility index (Phi) is 4.92. The number of hydrogen-bond donors (Lipinski definition) is 0. The summed E-state index contributed by atoms with van der Waals surface area (Å²) in [7, 11) is 3.13. The van der Waals surface area contributed by atoms with Crippen molar-refractivity contribution in [2.45, 2.75) is 6.54 Å². The van der Waals surface area contributed by atoms with Gasteiger partial charge in [-0.05, 0) is 24.3 Å². The molecule has 1 aromatic heterocycles. The fourth-order valence-electron chi connectivity index (χ4n) is 2.36. The number of nitrogens with zero attached hydrogens (tertiary/aromatic N) is 1. The van der Waals surface area contributed by atoms with Gasteiger partial charge in [-0.25, -0.2) is 0 Å². The highest BCUT2D eigenvalue weighted by Gasteiger charge is 2.33. The van der Waals surface area contributed by atoms with Gasteiger partial charge in [-0.15, -0.1) is 0 Å². The van der Waals surface area contributed by atoms with Crippen LogP contribution in [0.4, 0.5) is 0 Å². The predicted molar refractivity (Wildman–Crippen MR) is 97.0 cm³/mol. The van der Waals surface area contributed by atoms with Crippen molar-refractivity contribution >= 4 is 40.3 Å². The summed E-state index contributed by atoms with van der Waals surface area (Å²) in [6.45, 7) is 0.364.